The zero-order valence-electron chi connectivity index (χ0n) is 18.2. The highest BCUT2D eigenvalue weighted by atomic mass is 35.5. The van der Waals surface area contributed by atoms with Gasteiger partial charge in [-0.2, -0.15) is 0 Å². The normalized spacial score (nSPS) is 32.7. The van der Waals surface area contributed by atoms with Gasteiger partial charge in [0.25, 0.3) is 0 Å². The van der Waals surface area contributed by atoms with Gasteiger partial charge in [0.15, 0.2) is 0 Å². The first kappa shape index (κ1) is 22.2. The van der Waals surface area contributed by atoms with Crippen molar-refractivity contribution >= 4 is 29.1 Å². The quantitative estimate of drug-likeness (QED) is 0.611. The van der Waals surface area contributed by atoms with Crippen molar-refractivity contribution in [1.82, 2.24) is 4.90 Å². The third kappa shape index (κ3) is 4.33. The largest absolute Gasteiger partial charge is 0.492 e. The molecular weight excluding hydrogens is 421 g/mol. The Morgan fingerprint density at radius 1 is 1.27 bits per heavy atom. The summed E-state index contributed by atoms with van der Waals surface area (Å²) in [5, 5.41) is 12.0. The van der Waals surface area contributed by atoms with Crippen LogP contribution in [0.4, 0.5) is 0 Å². The highest BCUT2D eigenvalue weighted by Gasteiger charge is 2.54. The maximum absolute atomic E-state index is 13.5. The van der Waals surface area contributed by atoms with Crippen molar-refractivity contribution in [2.75, 3.05) is 13.7 Å². The summed E-state index contributed by atoms with van der Waals surface area (Å²) < 4.78 is 5.83. The van der Waals surface area contributed by atoms with Gasteiger partial charge in [0, 0.05) is 23.5 Å². The first-order valence-electron chi connectivity index (χ1n) is 11.2. The number of carbonyl (C=O) groups is 1. The maximum Gasteiger partial charge on any atom is 0.228 e. The molecule has 5 atom stereocenters. The molecule has 0 aromatic heterocycles. The van der Waals surface area contributed by atoms with Crippen LogP contribution in [0.2, 0.25) is 10.0 Å². The minimum absolute atomic E-state index is 0.159. The van der Waals surface area contributed by atoms with Crippen LogP contribution in [0.5, 0.6) is 5.75 Å². The Kier molecular flexibility index (Phi) is 6.06. The van der Waals surface area contributed by atoms with E-state index in [2.05, 4.69) is 0 Å². The third-order valence-electron chi connectivity index (χ3n) is 7.81. The monoisotopic (exact) mass is 453 g/mol. The van der Waals surface area contributed by atoms with Crippen molar-refractivity contribution < 1.29 is 14.6 Å². The Hall–Kier alpha value is -0.970. The van der Waals surface area contributed by atoms with Crippen LogP contribution in [0.25, 0.3) is 0 Å². The molecule has 0 spiro atoms. The summed E-state index contributed by atoms with van der Waals surface area (Å²) in [6.07, 6.45) is 6.74. The van der Waals surface area contributed by atoms with Gasteiger partial charge in [0.05, 0.1) is 17.2 Å². The van der Waals surface area contributed by atoms with Crippen molar-refractivity contribution in [3.05, 3.63) is 28.2 Å². The summed E-state index contributed by atoms with van der Waals surface area (Å²) in [5.74, 6) is 2.36. The molecule has 0 aliphatic heterocycles. The number of benzene rings is 1. The molecule has 3 bridgehead atoms. The van der Waals surface area contributed by atoms with E-state index in [-0.39, 0.29) is 11.9 Å². The number of nitrogens with zero attached hydrogens (tertiary/aromatic N) is 1. The number of halogens is 2. The average Bonchev–Trinajstić information content (AvgIpc) is 2.83. The van der Waals surface area contributed by atoms with Crippen LogP contribution in [0.15, 0.2) is 18.2 Å². The predicted octanol–water partition coefficient (Wildman–Crippen LogP) is 5.58. The topological polar surface area (TPSA) is 49.8 Å². The molecule has 4 nitrogen and oxygen atoms in total. The van der Waals surface area contributed by atoms with Crippen LogP contribution in [0, 0.1) is 23.2 Å². The second-order valence-corrected chi connectivity index (χ2v) is 11.3. The van der Waals surface area contributed by atoms with Crippen LogP contribution in [-0.4, -0.2) is 41.2 Å². The van der Waals surface area contributed by atoms with Gasteiger partial charge in [0.2, 0.25) is 5.91 Å². The Morgan fingerprint density at radius 2 is 2.03 bits per heavy atom. The average molecular weight is 454 g/mol. The van der Waals surface area contributed by atoms with E-state index in [1.165, 1.54) is 6.42 Å². The summed E-state index contributed by atoms with van der Waals surface area (Å²) >= 11 is 12.1. The lowest BCUT2D eigenvalue weighted by atomic mass is 9.77. The van der Waals surface area contributed by atoms with Gasteiger partial charge in [-0.1, -0.05) is 37.0 Å². The molecule has 0 heterocycles. The molecule has 1 aromatic carbocycles. The minimum atomic E-state index is -0.534. The van der Waals surface area contributed by atoms with E-state index in [9.17, 15) is 9.90 Å². The molecule has 3 aliphatic carbocycles. The van der Waals surface area contributed by atoms with Crippen LogP contribution in [0.3, 0.4) is 0 Å². The van der Waals surface area contributed by atoms with Crippen molar-refractivity contribution in [3.8, 4) is 5.75 Å². The first-order valence-corrected chi connectivity index (χ1v) is 11.9. The van der Waals surface area contributed by atoms with Crippen molar-refractivity contribution in [2.45, 2.75) is 70.4 Å². The zero-order chi connectivity index (χ0) is 21.7. The molecule has 1 amide bonds. The van der Waals surface area contributed by atoms with Crippen LogP contribution in [-0.2, 0) is 4.79 Å². The van der Waals surface area contributed by atoms with Gasteiger partial charge in [-0.15, -0.1) is 0 Å². The lowest BCUT2D eigenvalue weighted by Gasteiger charge is -2.39. The molecule has 1 aromatic rings. The predicted molar refractivity (Wildman–Crippen MR) is 120 cm³/mol. The fraction of sp³-hybridized carbons (Fsp3) is 0.708. The number of fused-ring (bicyclic) bond motifs is 2. The highest BCUT2D eigenvalue weighted by molar-refractivity contribution is 6.35. The van der Waals surface area contributed by atoms with E-state index in [1.54, 1.807) is 18.2 Å². The second-order valence-electron chi connectivity index (χ2n) is 10.5. The number of hydrogen-bond acceptors (Lipinski definition) is 3. The van der Waals surface area contributed by atoms with Crippen LogP contribution >= 0.6 is 23.2 Å². The number of ether oxygens (including phenoxy) is 1. The third-order valence-corrected chi connectivity index (χ3v) is 8.34. The molecular formula is C24H33Cl2NO3. The first-order chi connectivity index (χ1) is 14.1. The van der Waals surface area contributed by atoms with E-state index in [4.69, 9.17) is 27.9 Å². The van der Waals surface area contributed by atoms with Gasteiger partial charge < -0.3 is 14.7 Å². The molecule has 0 radical (unpaired) electrons. The molecule has 3 aliphatic rings. The second kappa shape index (κ2) is 8.18. The molecule has 6 heteroatoms. The van der Waals surface area contributed by atoms with E-state index < -0.39 is 11.0 Å². The summed E-state index contributed by atoms with van der Waals surface area (Å²) in [4.78, 5) is 15.4. The van der Waals surface area contributed by atoms with E-state index in [0.717, 1.165) is 32.1 Å². The van der Waals surface area contributed by atoms with E-state index >= 15 is 0 Å². The van der Waals surface area contributed by atoms with Crippen LogP contribution < -0.4 is 4.74 Å². The Labute approximate surface area is 189 Å². The standard InChI is InChI=1S/C24H33Cl2NO3/c1-23(2,8-9-30-21-7-5-17(25)11-19(21)26)22(28)27(3)20-6-4-15-10-16-13-24(29,12-15)14-18(16)20/h5,7,11,15-16,18,20,29H,4,6,8-10,12-14H2,1-3H3. The highest BCUT2D eigenvalue weighted by Crippen LogP contribution is 2.56. The van der Waals surface area contributed by atoms with Gasteiger partial charge in [-0.05, 0) is 80.9 Å². The van der Waals surface area contributed by atoms with Crippen molar-refractivity contribution in [2.24, 2.45) is 23.2 Å². The maximum atomic E-state index is 13.5. The Bertz CT molecular complexity index is 814. The van der Waals surface area contributed by atoms with Gasteiger partial charge in [-0.3, -0.25) is 4.79 Å². The molecule has 30 heavy (non-hydrogen) atoms. The van der Waals surface area contributed by atoms with Gasteiger partial charge in [-0.25, -0.2) is 0 Å². The van der Waals surface area contributed by atoms with Crippen molar-refractivity contribution in [3.63, 3.8) is 0 Å². The van der Waals surface area contributed by atoms with Crippen molar-refractivity contribution in [1.29, 1.82) is 0 Å². The molecule has 3 saturated carbocycles. The molecule has 5 unspecified atom stereocenters. The van der Waals surface area contributed by atoms with Gasteiger partial charge >= 0.3 is 0 Å². The SMILES string of the molecule is CN(C(=O)C(C)(C)CCOc1ccc(Cl)cc1Cl)C1CCC2CC3CC(O)(C2)CC31. The number of amides is 1. The molecule has 1 N–H and O–H groups in total. The molecule has 4 rings (SSSR count). The number of hydrogen-bond donors (Lipinski definition) is 1. The fourth-order valence-electron chi connectivity index (χ4n) is 6.32. The lowest BCUT2D eigenvalue weighted by molar-refractivity contribution is -0.143. The molecule has 3 fully saturated rings. The van der Waals surface area contributed by atoms with E-state index in [1.807, 2.05) is 25.8 Å². The molecule has 166 valence electrons. The molecule has 0 saturated heterocycles. The smallest absolute Gasteiger partial charge is 0.228 e. The fourth-order valence-corrected chi connectivity index (χ4v) is 6.78. The Balaban J connectivity index is 1.38. The Morgan fingerprint density at radius 3 is 2.77 bits per heavy atom. The number of aliphatic hydroxyl groups is 1. The summed E-state index contributed by atoms with van der Waals surface area (Å²) in [5.41, 5.74) is -1.02. The summed E-state index contributed by atoms with van der Waals surface area (Å²) in [7, 11) is 1.96. The number of carbonyl (C=O) groups excluding carboxylic acids is 1. The number of rotatable bonds is 6. The summed E-state index contributed by atoms with van der Waals surface area (Å²) in [6.45, 7) is 4.39. The minimum Gasteiger partial charge on any atom is -0.492 e. The van der Waals surface area contributed by atoms with Gasteiger partial charge in [0.1, 0.15) is 5.75 Å². The summed E-state index contributed by atoms with van der Waals surface area (Å²) in [6, 6.07) is 5.39. The van der Waals surface area contributed by atoms with E-state index in [0.29, 0.717) is 46.6 Å². The van der Waals surface area contributed by atoms with Crippen LogP contribution in [0.1, 0.15) is 58.8 Å². The lowest BCUT2D eigenvalue weighted by Crippen LogP contribution is -2.48. The zero-order valence-corrected chi connectivity index (χ0v) is 19.7.